The van der Waals surface area contributed by atoms with Crippen LogP contribution in [0.4, 0.5) is 10.1 Å². The molecule has 0 heterocycles. The molecule has 5 nitrogen and oxygen atoms in total. The number of nitrogen functional groups attached to an aromatic ring is 1. The predicted octanol–water partition coefficient (Wildman–Crippen LogP) is 1.50. The van der Waals surface area contributed by atoms with Gasteiger partial charge in [0.25, 0.3) is 0 Å². The first-order chi connectivity index (χ1) is 8.77. The number of halogens is 2. The molecular formula is C11H16ClFN2O3S. The van der Waals surface area contributed by atoms with Crippen LogP contribution in [0.1, 0.15) is 19.8 Å². The maximum atomic E-state index is 13.7. The SMILES string of the molecule is CCCC(O)CNS(=O)(=O)c1cc(N)cc(Cl)c1F. The number of anilines is 1. The zero-order valence-electron chi connectivity index (χ0n) is 10.4. The summed E-state index contributed by atoms with van der Waals surface area (Å²) in [7, 11) is -4.10. The fourth-order valence-electron chi connectivity index (χ4n) is 1.50. The van der Waals surface area contributed by atoms with E-state index < -0.39 is 26.8 Å². The molecule has 19 heavy (non-hydrogen) atoms. The first-order valence-corrected chi connectivity index (χ1v) is 7.56. The number of benzene rings is 1. The van der Waals surface area contributed by atoms with Crippen LogP contribution in [0.5, 0.6) is 0 Å². The number of rotatable bonds is 6. The first-order valence-electron chi connectivity index (χ1n) is 5.70. The molecule has 0 spiro atoms. The predicted molar refractivity (Wildman–Crippen MR) is 71.9 cm³/mol. The van der Waals surface area contributed by atoms with Crippen molar-refractivity contribution in [2.24, 2.45) is 0 Å². The molecule has 0 saturated heterocycles. The van der Waals surface area contributed by atoms with Crippen LogP contribution in [0.3, 0.4) is 0 Å². The van der Waals surface area contributed by atoms with Gasteiger partial charge in [-0.05, 0) is 18.6 Å². The maximum Gasteiger partial charge on any atom is 0.243 e. The standard InChI is InChI=1S/C11H16ClFN2O3S/c1-2-3-8(16)6-15-19(17,18)10-5-7(14)4-9(12)11(10)13/h4-5,8,15-16H,2-3,6,14H2,1H3. The molecule has 0 fully saturated rings. The molecule has 0 aliphatic heterocycles. The number of hydrogen-bond acceptors (Lipinski definition) is 4. The van der Waals surface area contributed by atoms with Crippen molar-refractivity contribution >= 4 is 27.3 Å². The van der Waals surface area contributed by atoms with Gasteiger partial charge in [-0.3, -0.25) is 0 Å². The van der Waals surface area contributed by atoms with Gasteiger partial charge in [-0.1, -0.05) is 24.9 Å². The Bertz CT molecular complexity index is 551. The van der Waals surface area contributed by atoms with Gasteiger partial charge in [0.15, 0.2) is 5.82 Å². The third kappa shape index (κ3) is 4.31. The van der Waals surface area contributed by atoms with Gasteiger partial charge in [-0.2, -0.15) is 0 Å². The average molecular weight is 311 g/mol. The molecule has 108 valence electrons. The van der Waals surface area contributed by atoms with Crippen LogP contribution >= 0.6 is 11.6 Å². The smallest absolute Gasteiger partial charge is 0.243 e. The molecular weight excluding hydrogens is 295 g/mol. The summed E-state index contributed by atoms with van der Waals surface area (Å²) in [6.45, 7) is 1.66. The summed E-state index contributed by atoms with van der Waals surface area (Å²) < 4.78 is 39.6. The summed E-state index contributed by atoms with van der Waals surface area (Å²) in [6, 6.07) is 2.11. The van der Waals surface area contributed by atoms with Gasteiger partial charge in [0.1, 0.15) is 4.90 Å². The summed E-state index contributed by atoms with van der Waals surface area (Å²) >= 11 is 5.54. The molecule has 1 atom stereocenters. The summed E-state index contributed by atoms with van der Waals surface area (Å²) in [4.78, 5) is -0.624. The maximum absolute atomic E-state index is 13.7. The summed E-state index contributed by atoms with van der Waals surface area (Å²) in [5, 5.41) is 9.10. The highest BCUT2D eigenvalue weighted by atomic mass is 35.5. The highest BCUT2D eigenvalue weighted by Crippen LogP contribution is 2.25. The van der Waals surface area contributed by atoms with E-state index in [-0.39, 0.29) is 17.3 Å². The number of aliphatic hydroxyl groups excluding tert-OH is 1. The molecule has 0 amide bonds. The van der Waals surface area contributed by atoms with Gasteiger partial charge in [0.2, 0.25) is 10.0 Å². The van der Waals surface area contributed by atoms with Crippen molar-refractivity contribution in [2.45, 2.75) is 30.8 Å². The van der Waals surface area contributed by atoms with E-state index in [2.05, 4.69) is 4.72 Å². The Kier molecular flexibility index (Phi) is 5.54. The number of hydrogen-bond donors (Lipinski definition) is 3. The van der Waals surface area contributed by atoms with Crippen LogP contribution in [-0.2, 0) is 10.0 Å². The molecule has 0 aromatic heterocycles. The van der Waals surface area contributed by atoms with Crippen LogP contribution in [0, 0.1) is 5.82 Å². The lowest BCUT2D eigenvalue weighted by atomic mass is 10.2. The highest BCUT2D eigenvalue weighted by Gasteiger charge is 2.22. The summed E-state index contributed by atoms with van der Waals surface area (Å²) in [6.07, 6.45) is 0.337. The van der Waals surface area contributed by atoms with E-state index >= 15 is 0 Å². The zero-order valence-corrected chi connectivity index (χ0v) is 11.9. The topological polar surface area (TPSA) is 92.4 Å². The van der Waals surface area contributed by atoms with Crippen molar-refractivity contribution in [3.8, 4) is 0 Å². The highest BCUT2D eigenvalue weighted by molar-refractivity contribution is 7.89. The van der Waals surface area contributed by atoms with E-state index in [9.17, 15) is 17.9 Å². The Morgan fingerprint density at radius 1 is 1.53 bits per heavy atom. The molecule has 0 bridgehead atoms. The van der Waals surface area contributed by atoms with Crippen LogP contribution < -0.4 is 10.5 Å². The van der Waals surface area contributed by atoms with E-state index in [4.69, 9.17) is 17.3 Å². The summed E-state index contributed by atoms with van der Waals surface area (Å²) in [5.74, 6) is -1.06. The Hall–Kier alpha value is -0.890. The van der Waals surface area contributed by atoms with Crippen LogP contribution in [-0.4, -0.2) is 26.2 Å². The summed E-state index contributed by atoms with van der Waals surface area (Å²) in [5.41, 5.74) is 5.48. The number of aliphatic hydroxyl groups is 1. The van der Waals surface area contributed by atoms with Gasteiger partial charge in [-0.15, -0.1) is 0 Å². The zero-order chi connectivity index (χ0) is 14.6. The van der Waals surface area contributed by atoms with Crippen molar-refractivity contribution in [2.75, 3.05) is 12.3 Å². The average Bonchev–Trinajstić information content (AvgIpc) is 2.31. The van der Waals surface area contributed by atoms with Crippen molar-refractivity contribution in [3.63, 3.8) is 0 Å². The second kappa shape index (κ2) is 6.51. The van der Waals surface area contributed by atoms with E-state index in [0.29, 0.717) is 12.8 Å². The molecule has 0 aliphatic rings. The molecule has 1 unspecified atom stereocenters. The minimum Gasteiger partial charge on any atom is -0.399 e. The molecule has 1 aromatic rings. The molecule has 0 radical (unpaired) electrons. The quantitative estimate of drug-likeness (QED) is 0.694. The monoisotopic (exact) mass is 310 g/mol. The Morgan fingerprint density at radius 2 is 2.16 bits per heavy atom. The molecule has 8 heteroatoms. The molecule has 0 saturated carbocycles. The Balaban J connectivity index is 2.95. The van der Waals surface area contributed by atoms with Gasteiger partial charge >= 0.3 is 0 Å². The Morgan fingerprint density at radius 3 is 2.74 bits per heavy atom. The van der Waals surface area contributed by atoms with E-state index in [1.165, 1.54) is 0 Å². The van der Waals surface area contributed by atoms with Crippen molar-refractivity contribution in [1.82, 2.24) is 4.72 Å². The van der Waals surface area contributed by atoms with Crippen LogP contribution in [0.25, 0.3) is 0 Å². The molecule has 1 aromatic carbocycles. The van der Waals surface area contributed by atoms with E-state index in [1.807, 2.05) is 6.92 Å². The largest absolute Gasteiger partial charge is 0.399 e. The molecule has 1 rings (SSSR count). The third-order valence-corrected chi connectivity index (χ3v) is 4.14. The van der Waals surface area contributed by atoms with Gasteiger partial charge in [-0.25, -0.2) is 17.5 Å². The van der Waals surface area contributed by atoms with Gasteiger partial charge in [0.05, 0.1) is 11.1 Å². The molecule has 4 N–H and O–H groups in total. The number of sulfonamides is 1. The van der Waals surface area contributed by atoms with Gasteiger partial charge in [0, 0.05) is 12.2 Å². The number of nitrogens with one attached hydrogen (secondary N) is 1. The lowest BCUT2D eigenvalue weighted by Crippen LogP contribution is -2.32. The van der Waals surface area contributed by atoms with Crippen LogP contribution in [0.15, 0.2) is 17.0 Å². The van der Waals surface area contributed by atoms with E-state index in [1.54, 1.807) is 0 Å². The van der Waals surface area contributed by atoms with Crippen molar-refractivity contribution < 1.29 is 17.9 Å². The fourth-order valence-corrected chi connectivity index (χ4v) is 2.99. The minimum absolute atomic E-state index is 0.0425. The van der Waals surface area contributed by atoms with Gasteiger partial charge < -0.3 is 10.8 Å². The second-order valence-electron chi connectivity index (χ2n) is 4.11. The van der Waals surface area contributed by atoms with Crippen molar-refractivity contribution in [3.05, 3.63) is 23.0 Å². The second-order valence-corrected chi connectivity index (χ2v) is 6.25. The van der Waals surface area contributed by atoms with E-state index in [0.717, 1.165) is 12.1 Å². The lowest BCUT2D eigenvalue weighted by molar-refractivity contribution is 0.167. The third-order valence-electron chi connectivity index (χ3n) is 2.44. The van der Waals surface area contributed by atoms with Crippen LogP contribution in [0.2, 0.25) is 5.02 Å². The molecule has 0 aliphatic carbocycles. The number of nitrogens with two attached hydrogens (primary N) is 1. The minimum atomic E-state index is -4.10. The Labute approximate surface area is 116 Å². The first kappa shape index (κ1) is 16.2. The lowest BCUT2D eigenvalue weighted by Gasteiger charge is -2.12. The van der Waals surface area contributed by atoms with Crippen molar-refractivity contribution in [1.29, 1.82) is 0 Å². The normalized spacial score (nSPS) is 13.5. The fraction of sp³-hybridized carbons (Fsp3) is 0.455.